The Bertz CT molecular complexity index is 2700. The second kappa shape index (κ2) is 40.8. The predicted molar refractivity (Wildman–Crippen MR) is 421 cm³/mol. The quantitative estimate of drug-likeness (QED) is 0.0718. The van der Waals surface area contributed by atoms with Gasteiger partial charge in [-0.3, -0.25) is 33.0 Å². The summed E-state index contributed by atoms with van der Waals surface area (Å²) in [7, 11) is -3.50. The molecule has 1 N–H and O–H groups in total. The molecule has 102 heavy (non-hydrogen) atoms. The number of hydrogen-bond acceptors (Lipinski definition) is 18. The first-order valence-electron chi connectivity index (χ1n) is 35.8. The Morgan fingerprint density at radius 2 is 0.971 bits per heavy atom. The minimum absolute atomic E-state index is 0. The fourth-order valence-corrected chi connectivity index (χ4v) is 19.6. The summed E-state index contributed by atoms with van der Waals surface area (Å²) < 4.78 is 62.2. The summed E-state index contributed by atoms with van der Waals surface area (Å²) in [6.45, 7) is 33.9. The number of rotatable bonds is 19. The standard InChI is InChI=1S/C18H30O2.C16H26O3.C15H22O6S2.C14H26O2.C10H16O4.10CH4/c1-5-17(3,4)16(19)20-18(6-2)14-8-12-7-13(10-14)11-15(18)9-12;1-4-14(2,3)13(17)19-16-8-11-5-12(9-16)7-15(18,6-11)10-16;1-4-15(2,3)14(17)22-7-11(16)20-12-8-5-9-10(6-8)23(18,19)21-13(9)12;1-5-13(3,4)12(15)16-14(6-2)10-8-7-9-11-14;1-4-10(2,3)9(12)14-7-5-6-13-8(7)11;;;;;;;;;;/h12-15H,5-11H2,1-4H3;11-12,18H,4-10H2,1-3H3;8-10,12-13H,4-7H2,1-3H3;5-11H2,1-4H3;7H,4-6H2,1-3H3;10*1H4. The Hall–Kier alpha value is -3.29. The molecule has 10 bridgehead atoms. The first kappa shape index (κ1) is 105. The maximum absolute atomic E-state index is 12.6. The van der Waals surface area contributed by atoms with Gasteiger partial charge in [-0.2, -0.15) is 8.42 Å². The van der Waals surface area contributed by atoms with Gasteiger partial charge in [0.25, 0.3) is 10.1 Å². The van der Waals surface area contributed by atoms with Crippen LogP contribution in [0.25, 0.3) is 0 Å². The smallest absolute Gasteiger partial charge is 0.347 e. The average molecular weight is 1490 g/mol. The molecule has 0 spiro atoms. The van der Waals surface area contributed by atoms with Crippen molar-refractivity contribution in [3.63, 3.8) is 0 Å². The number of aliphatic hydroxyl groups is 1. The van der Waals surface area contributed by atoms with Gasteiger partial charge in [-0.15, -0.1) is 0 Å². The van der Waals surface area contributed by atoms with E-state index in [-0.39, 0.29) is 148 Å². The predicted octanol–water partition coefficient (Wildman–Crippen LogP) is 21.1. The maximum Gasteiger partial charge on any atom is 0.347 e. The van der Waals surface area contributed by atoms with Crippen molar-refractivity contribution < 1.29 is 79.7 Å². The zero-order valence-electron chi connectivity index (χ0n) is 59.5. The number of hydrogen-bond donors (Lipinski definition) is 1. The third kappa shape index (κ3) is 23.9. The molecule has 0 amide bonds. The summed E-state index contributed by atoms with van der Waals surface area (Å²) in [6, 6.07) is 0. The van der Waals surface area contributed by atoms with Crippen molar-refractivity contribution in [3.8, 4) is 0 Å². The van der Waals surface area contributed by atoms with Gasteiger partial charge in [-0.1, -0.05) is 155 Å². The van der Waals surface area contributed by atoms with Crippen LogP contribution in [0.2, 0.25) is 0 Å². The first-order chi connectivity index (χ1) is 42.7. The van der Waals surface area contributed by atoms with E-state index in [1.807, 2.05) is 83.1 Å². The molecule has 19 heteroatoms. The highest BCUT2D eigenvalue weighted by molar-refractivity contribution is 8.14. The van der Waals surface area contributed by atoms with E-state index >= 15 is 0 Å². The van der Waals surface area contributed by atoms with Crippen molar-refractivity contribution in [3.05, 3.63) is 0 Å². The molecule has 8 atom stereocenters. The molecule has 11 saturated carbocycles. The van der Waals surface area contributed by atoms with Crippen LogP contribution in [-0.4, -0.2) is 113 Å². The van der Waals surface area contributed by atoms with Crippen molar-refractivity contribution in [2.75, 3.05) is 12.4 Å². The van der Waals surface area contributed by atoms with Crippen molar-refractivity contribution in [2.24, 2.45) is 74.4 Å². The van der Waals surface area contributed by atoms with Gasteiger partial charge < -0.3 is 33.5 Å². The van der Waals surface area contributed by atoms with Gasteiger partial charge in [0.2, 0.25) is 6.10 Å². The largest absolute Gasteiger partial charge is 0.463 e. The molecule has 11 aliphatic carbocycles. The van der Waals surface area contributed by atoms with Crippen LogP contribution in [0.15, 0.2) is 0 Å². The Morgan fingerprint density at radius 3 is 1.39 bits per heavy atom. The van der Waals surface area contributed by atoms with E-state index < -0.39 is 67.5 Å². The molecule has 8 unspecified atom stereocenters. The molecule has 2 saturated heterocycles. The van der Waals surface area contributed by atoms with Gasteiger partial charge in [0.05, 0.1) is 44.9 Å². The normalized spacial score (nSPS) is 31.3. The summed E-state index contributed by atoms with van der Waals surface area (Å²) >= 11 is 0.966. The molecule has 13 fully saturated rings. The molecular weight excluding hydrogens is 1330 g/mol. The Balaban J connectivity index is -0.000000580. The van der Waals surface area contributed by atoms with Gasteiger partial charge in [0, 0.05) is 30.1 Å². The Morgan fingerprint density at radius 1 is 0.529 bits per heavy atom. The zero-order valence-corrected chi connectivity index (χ0v) is 61.2. The fraction of sp³-hybridized carbons (Fsp3) is 0.916. The summed E-state index contributed by atoms with van der Waals surface area (Å²) in [4.78, 5) is 83.8. The number of carbonyl (C=O) groups excluding carboxylic acids is 7. The van der Waals surface area contributed by atoms with Crippen LogP contribution in [0.4, 0.5) is 0 Å². The number of fused-ring (bicyclic) bond motifs is 1. The third-order valence-corrected chi connectivity index (χ3v) is 27.6. The average Bonchev–Trinajstić information content (AvgIpc) is 1.28. The lowest BCUT2D eigenvalue weighted by molar-refractivity contribution is -0.225. The molecule has 606 valence electrons. The summed E-state index contributed by atoms with van der Waals surface area (Å²) in [5, 5.41) is 10.2. The third-order valence-electron chi connectivity index (χ3n) is 24.7. The molecule has 0 aromatic carbocycles. The highest BCUT2D eigenvalue weighted by Gasteiger charge is 2.66. The van der Waals surface area contributed by atoms with E-state index in [4.69, 9.17) is 32.6 Å². The van der Waals surface area contributed by atoms with Gasteiger partial charge >= 0.3 is 35.8 Å². The van der Waals surface area contributed by atoms with Crippen LogP contribution in [0.1, 0.15) is 359 Å². The van der Waals surface area contributed by atoms with Crippen molar-refractivity contribution in [1.82, 2.24) is 0 Å². The van der Waals surface area contributed by atoms with E-state index in [0.29, 0.717) is 62.4 Å². The van der Waals surface area contributed by atoms with E-state index in [1.54, 1.807) is 13.8 Å². The highest BCUT2D eigenvalue weighted by Crippen LogP contribution is 2.62. The van der Waals surface area contributed by atoms with Crippen LogP contribution in [0, 0.1) is 74.4 Å². The molecule has 2 aliphatic heterocycles. The molecular formula is C83H160O17S2. The van der Waals surface area contributed by atoms with Gasteiger partial charge in [0.15, 0.2) is 5.12 Å². The molecule has 2 heterocycles. The fourth-order valence-electron chi connectivity index (χ4n) is 16.9. The van der Waals surface area contributed by atoms with Crippen LogP contribution >= 0.6 is 11.8 Å². The first-order valence-corrected chi connectivity index (χ1v) is 38.3. The van der Waals surface area contributed by atoms with Crippen LogP contribution in [0.3, 0.4) is 0 Å². The SMILES string of the molecule is C.C.C.C.C.C.C.C.C.C.CCC(C)(C)C(=O)OC1(CC)C2CC3CC(C2)CC1C3.CCC(C)(C)C(=O)OC12CC3CC(CC(O)(C3)C1)C2.CCC(C)(C)C(=O)OC1CCOC1=O.CCC(C)(C)C(=O)SCC(=O)OC1C2CC3C1OS(=O)(=O)C3C2.CCC1(OC(=O)C(C)(C)CC)CCCCC1. The molecule has 13 rings (SSSR count). The molecule has 17 nitrogen and oxygen atoms in total. The second-order valence-electron chi connectivity index (χ2n) is 33.3. The van der Waals surface area contributed by atoms with Crippen LogP contribution < -0.4 is 0 Å². The Labute approximate surface area is 630 Å². The molecule has 0 aromatic rings. The van der Waals surface area contributed by atoms with Crippen molar-refractivity contribution in [1.29, 1.82) is 0 Å². The lowest BCUT2D eigenvalue weighted by Crippen LogP contribution is -2.61. The van der Waals surface area contributed by atoms with E-state index in [2.05, 4.69) is 20.8 Å². The number of ether oxygens (including phenoxy) is 6. The van der Waals surface area contributed by atoms with Crippen molar-refractivity contribution in [2.45, 2.75) is 405 Å². The van der Waals surface area contributed by atoms with E-state index in [9.17, 15) is 47.1 Å². The van der Waals surface area contributed by atoms with E-state index in [1.165, 1.54) is 57.8 Å². The zero-order chi connectivity index (χ0) is 68.4. The van der Waals surface area contributed by atoms with Gasteiger partial charge in [-0.25, -0.2) is 4.79 Å². The molecule has 0 radical (unpaired) electrons. The summed E-state index contributed by atoms with van der Waals surface area (Å²) in [5.74, 6) is 2.93. The lowest BCUT2D eigenvalue weighted by atomic mass is 9.49. The number of carbonyl (C=O) groups is 7. The second-order valence-corrected chi connectivity index (χ2v) is 36.0. The molecule has 0 aromatic heterocycles. The lowest BCUT2D eigenvalue weighted by Gasteiger charge is -2.60. The summed E-state index contributed by atoms with van der Waals surface area (Å²) in [5.41, 5.74) is -3.26. The number of thioether (sulfide) groups is 1. The van der Waals surface area contributed by atoms with E-state index in [0.717, 1.165) is 101 Å². The Kier molecular flexibility index (Phi) is 42.0. The minimum atomic E-state index is -3.50. The number of cyclic esters (lactones) is 1. The van der Waals surface area contributed by atoms with Gasteiger partial charge in [0.1, 0.15) is 29.0 Å². The van der Waals surface area contributed by atoms with Crippen molar-refractivity contribution >= 4 is 62.8 Å². The minimum Gasteiger partial charge on any atom is -0.463 e. The number of esters is 6. The van der Waals surface area contributed by atoms with Gasteiger partial charge in [-0.05, 0) is 239 Å². The monoisotopic (exact) mass is 1490 g/mol. The van der Waals surface area contributed by atoms with Crippen LogP contribution in [0.5, 0.6) is 0 Å². The topological polar surface area (TPSA) is 238 Å². The summed E-state index contributed by atoms with van der Waals surface area (Å²) in [6.07, 6.45) is 24.0. The highest BCUT2D eigenvalue weighted by atomic mass is 32.2. The molecule has 13 aliphatic rings. The van der Waals surface area contributed by atoms with Crippen LogP contribution in [-0.2, 0) is 76.3 Å². The maximum atomic E-state index is 12.6.